The highest BCUT2D eigenvalue weighted by Gasteiger charge is 2.23. The highest BCUT2D eigenvalue weighted by Crippen LogP contribution is 2.26. The predicted octanol–water partition coefficient (Wildman–Crippen LogP) is 3.92. The van der Waals surface area contributed by atoms with Gasteiger partial charge in [-0.2, -0.15) is 0 Å². The molecule has 0 bridgehead atoms. The summed E-state index contributed by atoms with van der Waals surface area (Å²) in [4.78, 5) is 12.1. The predicted molar refractivity (Wildman–Crippen MR) is 81.1 cm³/mol. The molecule has 2 N–H and O–H groups in total. The summed E-state index contributed by atoms with van der Waals surface area (Å²) < 4.78 is 18.6. The molecule has 1 aliphatic carbocycles. The smallest absolute Gasteiger partial charge is 0.319 e. The number of carbonyl (C=O) groups excluding carboxylic acids is 1. The Hall–Kier alpha value is -1.78. The number of nitrogens with one attached hydrogen (secondary N) is 2. The summed E-state index contributed by atoms with van der Waals surface area (Å²) in [5, 5.41) is 5.75. The van der Waals surface area contributed by atoms with Crippen LogP contribution in [0, 0.1) is 11.7 Å². The first-order chi connectivity index (χ1) is 10.1. The minimum absolute atomic E-state index is 0.203. The third-order valence-corrected chi connectivity index (χ3v) is 3.92. The number of ether oxygens (including phenoxy) is 1. The van der Waals surface area contributed by atoms with Crippen LogP contribution in [0.15, 0.2) is 18.2 Å². The summed E-state index contributed by atoms with van der Waals surface area (Å²) in [5.41, 5.74) is 0.485. The highest BCUT2D eigenvalue weighted by atomic mass is 19.1. The zero-order valence-corrected chi connectivity index (χ0v) is 12.6. The van der Waals surface area contributed by atoms with Gasteiger partial charge in [0, 0.05) is 12.1 Å². The third kappa shape index (κ3) is 4.34. The molecule has 1 saturated carbocycles. The molecule has 0 saturated heterocycles. The van der Waals surface area contributed by atoms with Gasteiger partial charge in [0.25, 0.3) is 0 Å². The average Bonchev–Trinajstić information content (AvgIpc) is 2.45. The van der Waals surface area contributed by atoms with E-state index in [1.165, 1.54) is 24.6 Å². The third-order valence-electron chi connectivity index (χ3n) is 3.92. The van der Waals surface area contributed by atoms with Crippen LogP contribution in [0.4, 0.5) is 14.9 Å². The zero-order chi connectivity index (χ0) is 15.2. The number of anilines is 1. The quantitative estimate of drug-likeness (QED) is 0.884. The maximum absolute atomic E-state index is 13.2. The van der Waals surface area contributed by atoms with E-state index < -0.39 is 0 Å². The Morgan fingerprint density at radius 3 is 2.86 bits per heavy atom. The molecule has 1 aliphatic rings. The second-order valence-corrected chi connectivity index (χ2v) is 5.54. The molecule has 2 unspecified atom stereocenters. The summed E-state index contributed by atoms with van der Waals surface area (Å²) >= 11 is 0. The first-order valence-electron chi connectivity index (χ1n) is 7.60. The molecule has 2 amide bonds. The van der Waals surface area contributed by atoms with Gasteiger partial charge in [-0.15, -0.1) is 0 Å². The maximum Gasteiger partial charge on any atom is 0.319 e. The lowest BCUT2D eigenvalue weighted by Gasteiger charge is -2.29. The zero-order valence-electron chi connectivity index (χ0n) is 12.6. The van der Waals surface area contributed by atoms with Crippen LogP contribution in [0.3, 0.4) is 0 Å². The molecule has 5 heteroatoms. The molecule has 116 valence electrons. The van der Waals surface area contributed by atoms with Crippen LogP contribution in [0.2, 0.25) is 0 Å². The molecule has 4 nitrogen and oxygen atoms in total. The van der Waals surface area contributed by atoms with Gasteiger partial charge in [0.1, 0.15) is 11.6 Å². The molecule has 2 atom stereocenters. The molecule has 1 aromatic carbocycles. The Morgan fingerprint density at radius 1 is 1.38 bits per heavy atom. The molecule has 2 rings (SSSR count). The van der Waals surface area contributed by atoms with Crippen LogP contribution in [-0.2, 0) is 0 Å². The fourth-order valence-corrected chi connectivity index (χ4v) is 2.73. The topological polar surface area (TPSA) is 50.4 Å². The Balaban J connectivity index is 1.98. The van der Waals surface area contributed by atoms with Crippen molar-refractivity contribution in [3.63, 3.8) is 0 Å². The van der Waals surface area contributed by atoms with Crippen molar-refractivity contribution in [3.8, 4) is 5.75 Å². The van der Waals surface area contributed by atoms with Crippen molar-refractivity contribution < 1.29 is 13.9 Å². The Labute approximate surface area is 125 Å². The van der Waals surface area contributed by atoms with Crippen molar-refractivity contribution >= 4 is 11.7 Å². The summed E-state index contributed by atoms with van der Waals surface area (Å²) in [6, 6.07) is 4.05. The van der Waals surface area contributed by atoms with E-state index in [9.17, 15) is 9.18 Å². The number of hydrogen-bond donors (Lipinski definition) is 2. The summed E-state index contributed by atoms with van der Waals surface area (Å²) in [6.07, 6.45) is 4.53. The van der Waals surface area contributed by atoms with Crippen molar-refractivity contribution in [2.75, 3.05) is 11.9 Å². The first kappa shape index (κ1) is 15.6. The van der Waals surface area contributed by atoms with Gasteiger partial charge in [-0.25, -0.2) is 9.18 Å². The van der Waals surface area contributed by atoms with E-state index in [0.717, 1.165) is 19.3 Å². The van der Waals surface area contributed by atoms with Crippen molar-refractivity contribution in [2.24, 2.45) is 5.92 Å². The highest BCUT2D eigenvalue weighted by molar-refractivity contribution is 5.91. The molecular weight excluding hydrogens is 271 g/mol. The van der Waals surface area contributed by atoms with Crippen molar-refractivity contribution in [2.45, 2.75) is 45.6 Å². The number of carbonyl (C=O) groups is 1. The minimum atomic E-state index is -0.384. The molecular formula is C16H23FN2O2. The Bertz CT molecular complexity index is 493. The Kier molecular flexibility index (Phi) is 5.42. The molecule has 0 aromatic heterocycles. The molecule has 0 spiro atoms. The van der Waals surface area contributed by atoms with Gasteiger partial charge in [-0.3, -0.25) is 0 Å². The number of halogens is 1. The lowest BCUT2D eigenvalue weighted by Crippen LogP contribution is -2.43. The fraction of sp³-hybridized carbons (Fsp3) is 0.562. The summed E-state index contributed by atoms with van der Waals surface area (Å²) in [7, 11) is 0. The van der Waals surface area contributed by atoms with E-state index in [2.05, 4.69) is 17.6 Å². The van der Waals surface area contributed by atoms with Gasteiger partial charge in [0.2, 0.25) is 0 Å². The van der Waals surface area contributed by atoms with Crippen LogP contribution < -0.4 is 15.4 Å². The van der Waals surface area contributed by atoms with Crippen molar-refractivity contribution in [1.82, 2.24) is 5.32 Å². The van der Waals surface area contributed by atoms with E-state index in [1.54, 1.807) is 0 Å². The van der Waals surface area contributed by atoms with E-state index in [1.807, 2.05) is 6.92 Å². The average molecular weight is 294 g/mol. The monoisotopic (exact) mass is 294 g/mol. The second-order valence-electron chi connectivity index (χ2n) is 5.54. The summed E-state index contributed by atoms with van der Waals surface area (Å²) in [6.45, 7) is 4.39. The van der Waals surface area contributed by atoms with E-state index in [4.69, 9.17) is 4.74 Å². The van der Waals surface area contributed by atoms with Crippen LogP contribution in [-0.4, -0.2) is 18.7 Å². The van der Waals surface area contributed by atoms with Crippen LogP contribution in [0.5, 0.6) is 5.75 Å². The SMILES string of the molecule is CCOc1cc(F)ccc1NC(=O)NC1CCCCC1C. The lowest BCUT2D eigenvalue weighted by molar-refractivity contribution is 0.232. The normalized spacial score (nSPS) is 21.7. The number of hydrogen-bond acceptors (Lipinski definition) is 2. The summed E-state index contributed by atoms with van der Waals surface area (Å²) in [5.74, 6) is 0.457. The van der Waals surface area contributed by atoms with Gasteiger partial charge in [0.05, 0.1) is 12.3 Å². The first-order valence-corrected chi connectivity index (χ1v) is 7.60. The van der Waals surface area contributed by atoms with Crippen molar-refractivity contribution in [1.29, 1.82) is 0 Å². The number of benzene rings is 1. The number of amides is 2. The van der Waals surface area contributed by atoms with Gasteiger partial charge in [-0.1, -0.05) is 19.8 Å². The van der Waals surface area contributed by atoms with Gasteiger partial charge >= 0.3 is 6.03 Å². The molecule has 0 aliphatic heterocycles. The largest absolute Gasteiger partial charge is 0.492 e. The van der Waals surface area contributed by atoms with Gasteiger partial charge in [-0.05, 0) is 37.8 Å². The molecule has 21 heavy (non-hydrogen) atoms. The van der Waals surface area contributed by atoms with Crippen LogP contribution in [0.25, 0.3) is 0 Å². The molecule has 1 fully saturated rings. The molecule has 0 heterocycles. The Morgan fingerprint density at radius 2 is 2.14 bits per heavy atom. The van der Waals surface area contributed by atoms with Crippen LogP contribution >= 0.6 is 0 Å². The second kappa shape index (κ2) is 7.29. The van der Waals surface area contributed by atoms with Gasteiger partial charge in [0.15, 0.2) is 0 Å². The van der Waals surface area contributed by atoms with Gasteiger partial charge < -0.3 is 15.4 Å². The van der Waals surface area contributed by atoms with E-state index in [-0.39, 0.29) is 17.9 Å². The standard InChI is InChI=1S/C16H23FN2O2/c1-3-21-15-10-12(17)8-9-14(15)19-16(20)18-13-7-5-4-6-11(13)2/h8-11,13H,3-7H2,1-2H3,(H2,18,19,20). The number of urea groups is 1. The minimum Gasteiger partial charge on any atom is -0.492 e. The van der Waals surface area contributed by atoms with E-state index >= 15 is 0 Å². The van der Waals surface area contributed by atoms with Crippen LogP contribution in [0.1, 0.15) is 39.5 Å². The van der Waals surface area contributed by atoms with E-state index in [0.29, 0.717) is 24.0 Å². The maximum atomic E-state index is 13.2. The van der Waals surface area contributed by atoms with Crippen molar-refractivity contribution in [3.05, 3.63) is 24.0 Å². The molecule has 0 radical (unpaired) electrons. The molecule has 1 aromatic rings. The number of rotatable bonds is 4. The lowest BCUT2D eigenvalue weighted by atomic mass is 9.86. The fourth-order valence-electron chi connectivity index (χ4n) is 2.73.